The van der Waals surface area contributed by atoms with Crippen LogP contribution in [0.1, 0.15) is 37.8 Å². The Morgan fingerprint density at radius 2 is 2.00 bits per heavy atom. The highest BCUT2D eigenvalue weighted by atomic mass is 19.1. The summed E-state index contributed by atoms with van der Waals surface area (Å²) in [5, 5.41) is 11.8. The molecule has 0 spiro atoms. The Hall–Kier alpha value is -1.00. The van der Waals surface area contributed by atoms with Crippen LogP contribution in [0.15, 0.2) is 18.2 Å². The van der Waals surface area contributed by atoms with E-state index in [1.54, 1.807) is 0 Å². The van der Waals surface area contributed by atoms with Crippen molar-refractivity contribution in [1.29, 1.82) is 0 Å². The van der Waals surface area contributed by atoms with Crippen LogP contribution in [0.3, 0.4) is 0 Å². The van der Waals surface area contributed by atoms with Crippen LogP contribution < -0.4 is 5.32 Å². The number of aliphatic hydroxyl groups is 1. The fraction of sp³-hybridized carbons (Fsp3) is 0.538. The number of aliphatic hydroxyl groups excluding tert-OH is 1. The Kier molecular flexibility index (Phi) is 6.08. The van der Waals surface area contributed by atoms with Gasteiger partial charge in [-0.05, 0) is 38.8 Å². The number of nitrogens with one attached hydrogen (secondary N) is 1. The summed E-state index contributed by atoms with van der Waals surface area (Å²) in [5.41, 5.74) is 0.480. The molecule has 0 aliphatic rings. The van der Waals surface area contributed by atoms with Crippen LogP contribution in [0.25, 0.3) is 0 Å². The van der Waals surface area contributed by atoms with Gasteiger partial charge in [0.15, 0.2) is 0 Å². The van der Waals surface area contributed by atoms with E-state index in [9.17, 15) is 8.78 Å². The van der Waals surface area contributed by atoms with Gasteiger partial charge >= 0.3 is 0 Å². The van der Waals surface area contributed by atoms with Gasteiger partial charge in [0, 0.05) is 24.3 Å². The summed E-state index contributed by atoms with van der Waals surface area (Å²) in [6.07, 6.45) is 2.68. The summed E-state index contributed by atoms with van der Waals surface area (Å²) in [6, 6.07) is 3.50. The second-order valence-corrected chi connectivity index (χ2v) is 4.13. The summed E-state index contributed by atoms with van der Waals surface area (Å²) in [6.45, 7) is 2.82. The van der Waals surface area contributed by atoms with Crippen LogP contribution in [0.2, 0.25) is 0 Å². The zero-order valence-corrected chi connectivity index (χ0v) is 10.0. The van der Waals surface area contributed by atoms with Gasteiger partial charge in [-0.1, -0.05) is 6.07 Å². The number of unbranched alkanes of at least 4 members (excludes halogenated alkanes) is 2. The molecule has 0 heterocycles. The molecule has 0 saturated carbocycles. The minimum Gasteiger partial charge on any atom is -0.396 e. The van der Waals surface area contributed by atoms with Crippen molar-refractivity contribution in [3.63, 3.8) is 0 Å². The molecule has 1 aromatic rings. The van der Waals surface area contributed by atoms with E-state index >= 15 is 0 Å². The van der Waals surface area contributed by atoms with E-state index in [1.807, 2.05) is 6.92 Å². The number of benzene rings is 1. The van der Waals surface area contributed by atoms with Gasteiger partial charge in [0.1, 0.15) is 11.6 Å². The molecule has 2 N–H and O–H groups in total. The van der Waals surface area contributed by atoms with Crippen molar-refractivity contribution in [3.8, 4) is 0 Å². The molecule has 4 heteroatoms. The summed E-state index contributed by atoms with van der Waals surface area (Å²) in [7, 11) is 0. The second kappa shape index (κ2) is 7.35. The average Bonchev–Trinajstić information content (AvgIpc) is 2.28. The highest BCUT2D eigenvalue weighted by Crippen LogP contribution is 2.17. The zero-order chi connectivity index (χ0) is 12.7. The summed E-state index contributed by atoms with van der Waals surface area (Å²) >= 11 is 0. The molecule has 17 heavy (non-hydrogen) atoms. The van der Waals surface area contributed by atoms with Gasteiger partial charge in [-0.25, -0.2) is 8.78 Å². The van der Waals surface area contributed by atoms with E-state index in [2.05, 4.69) is 5.32 Å². The van der Waals surface area contributed by atoms with E-state index in [0.717, 1.165) is 31.9 Å². The third kappa shape index (κ3) is 4.79. The molecule has 1 atom stereocenters. The van der Waals surface area contributed by atoms with Crippen molar-refractivity contribution in [2.75, 3.05) is 13.2 Å². The molecule has 96 valence electrons. The van der Waals surface area contributed by atoms with Crippen molar-refractivity contribution in [3.05, 3.63) is 35.4 Å². The highest BCUT2D eigenvalue weighted by molar-refractivity contribution is 5.21. The van der Waals surface area contributed by atoms with Gasteiger partial charge in [0.05, 0.1) is 0 Å². The predicted molar refractivity (Wildman–Crippen MR) is 63.7 cm³/mol. The van der Waals surface area contributed by atoms with Crippen LogP contribution in [-0.2, 0) is 0 Å². The van der Waals surface area contributed by atoms with Crippen LogP contribution in [0.4, 0.5) is 8.78 Å². The molecule has 1 rings (SSSR count). The summed E-state index contributed by atoms with van der Waals surface area (Å²) in [5.74, 6) is -1.07. The normalized spacial score (nSPS) is 12.7. The fourth-order valence-corrected chi connectivity index (χ4v) is 1.69. The summed E-state index contributed by atoms with van der Waals surface area (Å²) < 4.78 is 26.1. The maximum Gasteiger partial charge on any atom is 0.130 e. The molecule has 0 radical (unpaired) electrons. The van der Waals surface area contributed by atoms with Gasteiger partial charge < -0.3 is 10.4 Å². The maximum atomic E-state index is 13.4. The molecule has 0 aromatic heterocycles. The molecule has 0 saturated heterocycles. The maximum absolute atomic E-state index is 13.4. The smallest absolute Gasteiger partial charge is 0.130 e. The molecule has 0 aliphatic carbocycles. The van der Waals surface area contributed by atoms with Crippen LogP contribution in [0, 0.1) is 11.6 Å². The Morgan fingerprint density at radius 1 is 1.24 bits per heavy atom. The number of hydrogen-bond acceptors (Lipinski definition) is 2. The molecule has 0 aliphatic heterocycles. The van der Waals surface area contributed by atoms with Crippen molar-refractivity contribution in [2.45, 2.75) is 32.2 Å². The lowest BCUT2D eigenvalue weighted by Gasteiger charge is -2.14. The Bertz CT molecular complexity index is 344. The molecular formula is C13H19F2NO. The van der Waals surface area contributed by atoms with Crippen LogP contribution in [0.5, 0.6) is 0 Å². The Balaban J connectivity index is 2.38. The average molecular weight is 243 g/mol. The first-order valence-electron chi connectivity index (χ1n) is 5.94. The van der Waals surface area contributed by atoms with E-state index in [-0.39, 0.29) is 12.6 Å². The molecule has 2 nitrogen and oxygen atoms in total. The minimum atomic E-state index is -0.554. The molecule has 1 aromatic carbocycles. The van der Waals surface area contributed by atoms with Gasteiger partial charge in [-0.2, -0.15) is 0 Å². The van der Waals surface area contributed by atoms with E-state index in [0.29, 0.717) is 5.56 Å². The molecule has 0 bridgehead atoms. The minimum absolute atomic E-state index is 0.135. The van der Waals surface area contributed by atoms with Gasteiger partial charge in [0.25, 0.3) is 0 Å². The third-order valence-corrected chi connectivity index (χ3v) is 2.71. The van der Waals surface area contributed by atoms with Gasteiger partial charge in [-0.3, -0.25) is 0 Å². The fourth-order valence-electron chi connectivity index (χ4n) is 1.69. The highest BCUT2D eigenvalue weighted by Gasteiger charge is 2.10. The first kappa shape index (κ1) is 14.1. The Morgan fingerprint density at radius 3 is 2.65 bits per heavy atom. The molecule has 1 unspecified atom stereocenters. The third-order valence-electron chi connectivity index (χ3n) is 2.71. The van der Waals surface area contributed by atoms with Gasteiger partial charge in [0.2, 0.25) is 0 Å². The molecular weight excluding hydrogens is 224 g/mol. The van der Waals surface area contributed by atoms with Gasteiger partial charge in [-0.15, -0.1) is 0 Å². The summed E-state index contributed by atoms with van der Waals surface area (Å²) in [4.78, 5) is 0. The molecule has 0 fully saturated rings. The standard InChI is InChI=1S/C13H19F2NO/c1-10(16-7-3-2-4-8-17)12-6-5-11(14)9-13(12)15/h5-6,9-10,16-17H,2-4,7-8H2,1H3. The van der Waals surface area contributed by atoms with Crippen molar-refractivity contribution < 1.29 is 13.9 Å². The second-order valence-electron chi connectivity index (χ2n) is 4.13. The first-order valence-corrected chi connectivity index (χ1v) is 5.94. The predicted octanol–water partition coefficient (Wildman–Crippen LogP) is 2.78. The van der Waals surface area contributed by atoms with E-state index < -0.39 is 11.6 Å². The zero-order valence-electron chi connectivity index (χ0n) is 10.0. The first-order chi connectivity index (χ1) is 8.15. The van der Waals surface area contributed by atoms with Crippen molar-refractivity contribution in [2.24, 2.45) is 0 Å². The van der Waals surface area contributed by atoms with Crippen molar-refractivity contribution in [1.82, 2.24) is 5.32 Å². The quantitative estimate of drug-likeness (QED) is 0.722. The number of hydrogen-bond donors (Lipinski definition) is 2. The van der Waals surface area contributed by atoms with E-state index in [1.165, 1.54) is 12.1 Å². The molecule has 0 amide bonds. The Labute approximate surface area is 101 Å². The van der Waals surface area contributed by atoms with Crippen molar-refractivity contribution >= 4 is 0 Å². The number of rotatable bonds is 7. The lowest BCUT2D eigenvalue weighted by Crippen LogP contribution is -2.20. The lowest BCUT2D eigenvalue weighted by atomic mass is 10.1. The monoisotopic (exact) mass is 243 g/mol. The largest absolute Gasteiger partial charge is 0.396 e. The lowest BCUT2D eigenvalue weighted by molar-refractivity contribution is 0.282. The topological polar surface area (TPSA) is 32.3 Å². The number of halogens is 2. The van der Waals surface area contributed by atoms with Crippen LogP contribution in [-0.4, -0.2) is 18.3 Å². The SMILES string of the molecule is CC(NCCCCCO)c1ccc(F)cc1F. The van der Waals surface area contributed by atoms with Crippen LogP contribution >= 0.6 is 0 Å². The van der Waals surface area contributed by atoms with E-state index in [4.69, 9.17) is 5.11 Å².